The topological polar surface area (TPSA) is 75.4 Å². The SMILES string of the molecule is Cc1cc(C(=O)N2CCc3c(ccc(Cl)c3NC(=O)Cc3ccc(C(F)(F)F)c(F)c3)C2)no1. The van der Waals surface area contributed by atoms with Gasteiger partial charge in [0.05, 0.1) is 22.7 Å². The van der Waals surface area contributed by atoms with Gasteiger partial charge >= 0.3 is 6.18 Å². The van der Waals surface area contributed by atoms with E-state index in [1.54, 1.807) is 30.0 Å². The predicted molar refractivity (Wildman–Crippen MR) is 115 cm³/mol. The van der Waals surface area contributed by atoms with Crippen LogP contribution in [0.15, 0.2) is 40.9 Å². The highest BCUT2D eigenvalue weighted by atomic mass is 35.5. The molecule has 1 aliphatic rings. The van der Waals surface area contributed by atoms with E-state index in [0.717, 1.165) is 17.2 Å². The second-order valence-electron chi connectivity index (χ2n) is 7.90. The molecule has 0 fully saturated rings. The van der Waals surface area contributed by atoms with E-state index in [4.69, 9.17) is 16.1 Å². The fourth-order valence-corrected chi connectivity index (χ4v) is 4.06. The normalized spacial score (nSPS) is 13.5. The molecule has 4 rings (SSSR count). The Morgan fingerprint density at radius 1 is 1.21 bits per heavy atom. The van der Waals surface area contributed by atoms with Gasteiger partial charge in [0.1, 0.15) is 11.6 Å². The molecule has 1 aliphatic heterocycles. The standard InChI is InChI=1S/C23H18ClF4N3O3/c1-12-8-19(30-34-12)22(33)31-7-6-15-14(11-31)3-5-17(24)21(15)29-20(32)10-13-2-4-16(18(25)9-13)23(26,27)28/h2-5,8-9H,6-7,10-11H2,1H3,(H,29,32). The van der Waals surface area contributed by atoms with Crippen molar-refractivity contribution in [2.45, 2.75) is 32.5 Å². The molecule has 3 aromatic rings. The van der Waals surface area contributed by atoms with Gasteiger partial charge in [0.15, 0.2) is 5.69 Å². The lowest BCUT2D eigenvalue weighted by molar-refractivity contribution is -0.140. The first-order valence-electron chi connectivity index (χ1n) is 10.2. The van der Waals surface area contributed by atoms with Gasteiger partial charge in [-0.25, -0.2) is 4.39 Å². The molecule has 2 amide bonds. The highest BCUT2D eigenvalue weighted by Gasteiger charge is 2.34. The van der Waals surface area contributed by atoms with Crippen LogP contribution in [0.1, 0.15) is 38.5 Å². The van der Waals surface area contributed by atoms with Gasteiger partial charge in [-0.3, -0.25) is 9.59 Å². The Balaban J connectivity index is 1.49. The molecule has 0 aliphatic carbocycles. The van der Waals surface area contributed by atoms with Gasteiger partial charge in [0.2, 0.25) is 5.91 Å². The van der Waals surface area contributed by atoms with Crippen LogP contribution in [0.5, 0.6) is 0 Å². The molecule has 0 spiro atoms. The van der Waals surface area contributed by atoms with Crippen LogP contribution in [0.25, 0.3) is 0 Å². The van der Waals surface area contributed by atoms with Crippen molar-refractivity contribution < 1.29 is 31.7 Å². The molecule has 0 saturated carbocycles. The van der Waals surface area contributed by atoms with Crippen LogP contribution in [-0.2, 0) is 30.4 Å². The van der Waals surface area contributed by atoms with Crippen molar-refractivity contribution in [3.63, 3.8) is 0 Å². The Morgan fingerprint density at radius 2 is 1.97 bits per heavy atom. The molecule has 178 valence electrons. The van der Waals surface area contributed by atoms with Crippen LogP contribution in [0.2, 0.25) is 5.02 Å². The van der Waals surface area contributed by atoms with Gasteiger partial charge in [-0.2, -0.15) is 13.2 Å². The Labute approximate surface area is 196 Å². The smallest absolute Gasteiger partial charge is 0.361 e. The van der Waals surface area contributed by atoms with Crippen molar-refractivity contribution in [1.29, 1.82) is 0 Å². The molecule has 34 heavy (non-hydrogen) atoms. The maximum absolute atomic E-state index is 13.8. The van der Waals surface area contributed by atoms with Crippen molar-refractivity contribution in [2.24, 2.45) is 0 Å². The fraction of sp³-hybridized carbons (Fsp3) is 0.261. The lowest BCUT2D eigenvalue weighted by atomic mass is 9.97. The van der Waals surface area contributed by atoms with Crippen LogP contribution in [0.4, 0.5) is 23.2 Å². The summed E-state index contributed by atoms with van der Waals surface area (Å²) in [6.07, 6.45) is -4.75. The number of nitrogens with zero attached hydrogens (tertiary/aromatic N) is 2. The number of carbonyl (C=O) groups excluding carboxylic acids is 2. The van der Waals surface area contributed by atoms with E-state index >= 15 is 0 Å². The molecule has 6 nitrogen and oxygen atoms in total. The third kappa shape index (κ3) is 4.91. The van der Waals surface area contributed by atoms with Gasteiger partial charge in [-0.1, -0.05) is 28.9 Å². The summed E-state index contributed by atoms with van der Waals surface area (Å²) in [4.78, 5) is 26.9. The number of anilines is 1. The first kappa shape index (κ1) is 23.7. The minimum atomic E-state index is -4.82. The summed E-state index contributed by atoms with van der Waals surface area (Å²) in [7, 11) is 0. The summed E-state index contributed by atoms with van der Waals surface area (Å²) >= 11 is 6.30. The molecular formula is C23H18ClF4N3O3. The average Bonchev–Trinajstić information content (AvgIpc) is 3.20. The summed E-state index contributed by atoms with van der Waals surface area (Å²) in [6, 6.07) is 7.25. The molecule has 0 saturated heterocycles. The predicted octanol–water partition coefficient (Wildman–Crippen LogP) is 5.17. The largest absolute Gasteiger partial charge is 0.419 e. The molecule has 0 bridgehead atoms. The molecule has 0 radical (unpaired) electrons. The summed E-state index contributed by atoms with van der Waals surface area (Å²) in [5, 5.41) is 6.71. The first-order chi connectivity index (χ1) is 16.0. The minimum Gasteiger partial charge on any atom is -0.361 e. The zero-order chi connectivity index (χ0) is 24.6. The van der Waals surface area contributed by atoms with Crippen molar-refractivity contribution >= 4 is 29.1 Å². The third-order valence-corrected chi connectivity index (χ3v) is 5.77. The lowest BCUT2D eigenvalue weighted by Gasteiger charge is -2.30. The first-order valence-corrected chi connectivity index (χ1v) is 10.6. The summed E-state index contributed by atoms with van der Waals surface area (Å²) in [5.41, 5.74) is 0.786. The van der Waals surface area contributed by atoms with Gasteiger partial charge in [0.25, 0.3) is 5.91 Å². The van der Waals surface area contributed by atoms with Crippen LogP contribution >= 0.6 is 11.6 Å². The molecular weight excluding hydrogens is 478 g/mol. The van der Waals surface area contributed by atoms with Gasteiger partial charge in [-0.05, 0) is 48.2 Å². The molecule has 0 unspecified atom stereocenters. The van der Waals surface area contributed by atoms with Crippen molar-refractivity contribution in [1.82, 2.24) is 10.1 Å². The van der Waals surface area contributed by atoms with E-state index in [2.05, 4.69) is 10.5 Å². The van der Waals surface area contributed by atoms with Gasteiger partial charge < -0.3 is 14.7 Å². The molecule has 2 heterocycles. The Bertz CT molecular complexity index is 1270. The minimum absolute atomic E-state index is 0.0867. The number of aryl methyl sites for hydroxylation is 1. The molecule has 2 aromatic carbocycles. The number of aromatic nitrogens is 1. The van der Waals surface area contributed by atoms with Crippen molar-refractivity contribution in [2.75, 3.05) is 11.9 Å². The summed E-state index contributed by atoms with van der Waals surface area (Å²) in [5.74, 6) is -1.77. The van der Waals surface area contributed by atoms with E-state index in [-0.39, 0.29) is 35.2 Å². The molecule has 0 atom stereocenters. The second kappa shape index (κ2) is 9.09. The van der Waals surface area contributed by atoms with Crippen LogP contribution < -0.4 is 5.32 Å². The van der Waals surface area contributed by atoms with E-state index in [9.17, 15) is 27.2 Å². The van der Waals surface area contributed by atoms with E-state index < -0.39 is 23.5 Å². The van der Waals surface area contributed by atoms with E-state index in [1.807, 2.05) is 0 Å². The number of halogens is 5. The van der Waals surface area contributed by atoms with Crippen molar-refractivity contribution in [3.05, 3.63) is 80.9 Å². The molecule has 11 heteroatoms. The van der Waals surface area contributed by atoms with Crippen molar-refractivity contribution in [3.8, 4) is 0 Å². The van der Waals surface area contributed by atoms with Gasteiger partial charge in [-0.15, -0.1) is 0 Å². The fourth-order valence-electron chi connectivity index (χ4n) is 3.83. The maximum Gasteiger partial charge on any atom is 0.419 e. The Hall–Kier alpha value is -3.40. The number of amides is 2. The molecule has 1 N–H and O–H groups in total. The Morgan fingerprint density at radius 3 is 2.62 bits per heavy atom. The summed E-state index contributed by atoms with van der Waals surface area (Å²) < 4.78 is 57.0. The second-order valence-corrected chi connectivity index (χ2v) is 8.30. The van der Waals surface area contributed by atoms with Crippen LogP contribution in [-0.4, -0.2) is 28.4 Å². The number of carbonyl (C=O) groups is 2. The van der Waals surface area contributed by atoms with Crippen LogP contribution in [0.3, 0.4) is 0 Å². The zero-order valence-corrected chi connectivity index (χ0v) is 18.6. The third-order valence-electron chi connectivity index (χ3n) is 5.45. The Kier molecular flexibility index (Phi) is 6.35. The van der Waals surface area contributed by atoms with Gasteiger partial charge in [0, 0.05) is 19.2 Å². The maximum atomic E-state index is 13.8. The highest BCUT2D eigenvalue weighted by molar-refractivity contribution is 6.34. The monoisotopic (exact) mass is 495 g/mol. The van der Waals surface area contributed by atoms with E-state index in [0.29, 0.717) is 36.5 Å². The zero-order valence-electron chi connectivity index (χ0n) is 17.8. The van der Waals surface area contributed by atoms with E-state index in [1.165, 1.54) is 0 Å². The molecule has 1 aromatic heterocycles. The highest BCUT2D eigenvalue weighted by Crippen LogP contribution is 2.34. The number of hydrogen-bond acceptors (Lipinski definition) is 4. The average molecular weight is 496 g/mol. The van der Waals surface area contributed by atoms with Crippen LogP contribution in [0, 0.1) is 12.7 Å². The lowest BCUT2D eigenvalue weighted by Crippen LogP contribution is -2.36. The number of alkyl halides is 3. The number of fused-ring (bicyclic) bond motifs is 1. The summed E-state index contributed by atoms with van der Waals surface area (Å²) in [6.45, 7) is 2.31. The number of hydrogen-bond donors (Lipinski definition) is 1. The number of nitrogens with one attached hydrogen (secondary N) is 1. The number of benzene rings is 2. The number of rotatable bonds is 4. The quantitative estimate of drug-likeness (QED) is 0.506.